The summed E-state index contributed by atoms with van der Waals surface area (Å²) in [6.45, 7) is 7.02. The Balaban J connectivity index is 2.58. The summed E-state index contributed by atoms with van der Waals surface area (Å²) in [6.07, 6.45) is 0. The molecule has 0 saturated carbocycles. The second kappa shape index (κ2) is 10.5. The topological polar surface area (TPSA) is 54.0 Å². The van der Waals surface area contributed by atoms with Crippen molar-refractivity contribution in [1.29, 1.82) is 0 Å². The lowest BCUT2D eigenvalue weighted by Gasteiger charge is -2.33. The molecule has 0 aromatic heterocycles. The Hall–Kier alpha value is -2.05. The molecule has 0 unspecified atom stereocenters. The van der Waals surface area contributed by atoms with E-state index >= 15 is 0 Å². The van der Waals surface area contributed by atoms with Crippen molar-refractivity contribution in [2.75, 3.05) is 40.6 Å². The monoisotopic (exact) mass is 386 g/mol. The molecule has 5 heteroatoms. The normalized spacial score (nSPS) is 11.6. The lowest BCUT2D eigenvalue weighted by molar-refractivity contribution is -0.218. The molecule has 28 heavy (non-hydrogen) atoms. The van der Waals surface area contributed by atoms with E-state index in [2.05, 4.69) is 0 Å². The van der Waals surface area contributed by atoms with Gasteiger partial charge in [-0.3, -0.25) is 4.79 Å². The number of ketones is 1. The zero-order valence-corrected chi connectivity index (χ0v) is 17.4. The van der Waals surface area contributed by atoms with Gasteiger partial charge in [0.25, 0.3) is 5.79 Å². The van der Waals surface area contributed by atoms with E-state index in [1.54, 1.807) is 14.2 Å². The predicted molar refractivity (Wildman–Crippen MR) is 109 cm³/mol. The van der Waals surface area contributed by atoms with Gasteiger partial charge >= 0.3 is 0 Å². The van der Waals surface area contributed by atoms with Crippen LogP contribution in [0, 0.1) is 20.8 Å². The van der Waals surface area contributed by atoms with Crippen LogP contribution in [0.1, 0.15) is 32.6 Å². The number of carbonyl (C=O) groups is 1. The van der Waals surface area contributed by atoms with Crippen LogP contribution in [0.2, 0.25) is 0 Å². The first-order valence-corrected chi connectivity index (χ1v) is 9.40. The van der Waals surface area contributed by atoms with Crippen LogP contribution in [-0.2, 0) is 24.7 Å². The molecule has 152 valence electrons. The van der Waals surface area contributed by atoms with E-state index in [4.69, 9.17) is 18.9 Å². The average Bonchev–Trinajstić information content (AvgIpc) is 2.67. The van der Waals surface area contributed by atoms with Gasteiger partial charge in [0.05, 0.1) is 26.4 Å². The number of Topliss-reactive ketones (excluding diaryl/α,β-unsaturated/α-hetero) is 1. The molecule has 0 aliphatic carbocycles. The highest BCUT2D eigenvalue weighted by Gasteiger charge is 2.44. The maximum atomic E-state index is 13.9. The molecule has 0 aliphatic heterocycles. The first-order chi connectivity index (χ1) is 13.5. The van der Waals surface area contributed by atoms with Crippen LogP contribution in [-0.4, -0.2) is 46.4 Å². The van der Waals surface area contributed by atoms with Gasteiger partial charge in [-0.05, 0) is 31.9 Å². The van der Waals surface area contributed by atoms with Crippen molar-refractivity contribution in [2.45, 2.75) is 26.6 Å². The van der Waals surface area contributed by atoms with Crippen molar-refractivity contribution in [1.82, 2.24) is 0 Å². The van der Waals surface area contributed by atoms with Crippen LogP contribution in [0.3, 0.4) is 0 Å². The van der Waals surface area contributed by atoms with Crippen LogP contribution in [0.5, 0.6) is 0 Å². The van der Waals surface area contributed by atoms with Crippen molar-refractivity contribution < 1.29 is 23.7 Å². The fraction of sp³-hybridized carbons (Fsp3) is 0.435. The Bertz CT molecular complexity index is 737. The summed E-state index contributed by atoms with van der Waals surface area (Å²) in [7, 11) is 3.19. The second-order valence-corrected chi connectivity index (χ2v) is 6.77. The quantitative estimate of drug-likeness (QED) is 0.332. The largest absolute Gasteiger partial charge is 0.382 e. The number of benzene rings is 2. The zero-order chi connectivity index (χ0) is 20.6. The molecule has 0 spiro atoms. The van der Waals surface area contributed by atoms with Crippen LogP contribution in [0.25, 0.3) is 0 Å². The molecule has 2 aromatic carbocycles. The van der Waals surface area contributed by atoms with E-state index in [9.17, 15) is 4.79 Å². The van der Waals surface area contributed by atoms with E-state index in [-0.39, 0.29) is 19.0 Å². The minimum absolute atomic E-state index is 0.216. The smallest absolute Gasteiger partial charge is 0.261 e. The molecule has 0 N–H and O–H groups in total. The molecule has 0 fully saturated rings. The lowest BCUT2D eigenvalue weighted by Crippen LogP contribution is -2.44. The van der Waals surface area contributed by atoms with Gasteiger partial charge in [0.15, 0.2) is 0 Å². The number of methoxy groups -OCH3 is 2. The van der Waals surface area contributed by atoms with E-state index in [1.807, 2.05) is 63.2 Å². The summed E-state index contributed by atoms with van der Waals surface area (Å²) in [6, 6.07) is 13.3. The van der Waals surface area contributed by atoms with Gasteiger partial charge < -0.3 is 18.9 Å². The first kappa shape index (κ1) is 22.2. The fourth-order valence-corrected chi connectivity index (χ4v) is 3.37. The van der Waals surface area contributed by atoms with Crippen molar-refractivity contribution in [2.24, 2.45) is 0 Å². The standard InChI is InChI=1S/C23H30O5/c1-17-15-18(2)21(19(3)16-17)22(24)23(27-13-11-25-4,28-14-12-26-5)20-9-7-6-8-10-20/h6-10,15-16H,11-14H2,1-5H3. The molecule has 2 rings (SSSR count). The molecule has 0 radical (unpaired) electrons. The third-order valence-corrected chi connectivity index (χ3v) is 4.54. The van der Waals surface area contributed by atoms with Gasteiger partial charge in [0.1, 0.15) is 0 Å². The first-order valence-electron chi connectivity index (χ1n) is 9.40. The highest BCUT2D eigenvalue weighted by atomic mass is 16.7. The van der Waals surface area contributed by atoms with Crippen molar-refractivity contribution >= 4 is 5.78 Å². The maximum absolute atomic E-state index is 13.9. The summed E-state index contributed by atoms with van der Waals surface area (Å²) >= 11 is 0. The number of rotatable bonds is 11. The van der Waals surface area contributed by atoms with Gasteiger partial charge in [-0.1, -0.05) is 48.0 Å². The number of ether oxygens (including phenoxy) is 4. The summed E-state index contributed by atoms with van der Waals surface area (Å²) in [4.78, 5) is 13.9. The Morgan fingerprint density at radius 3 is 1.79 bits per heavy atom. The van der Waals surface area contributed by atoms with E-state index in [0.29, 0.717) is 24.3 Å². The SMILES string of the molecule is COCCOC(OCCOC)(C(=O)c1c(C)cc(C)cc1C)c1ccccc1. The lowest BCUT2D eigenvalue weighted by atomic mass is 9.89. The molecule has 0 bridgehead atoms. The Labute approximate surface area is 167 Å². The predicted octanol–water partition coefficient (Wildman–Crippen LogP) is 3.97. The van der Waals surface area contributed by atoms with E-state index < -0.39 is 5.79 Å². The number of hydrogen-bond acceptors (Lipinski definition) is 5. The molecule has 0 amide bonds. The minimum atomic E-state index is -1.57. The van der Waals surface area contributed by atoms with Gasteiger partial charge in [-0.15, -0.1) is 0 Å². The summed E-state index contributed by atoms with van der Waals surface area (Å²) in [5, 5.41) is 0. The number of aryl methyl sites for hydroxylation is 3. The van der Waals surface area contributed by atoms with Gasteiger partial charge in [0, 0.05) is 25.3 Å². The Kier molecular flexibility index (Phi) is 8.33. The third kappa shape index (κ3) is 5.06. The Morgan fingerprint density at radius 2 is 1.32 bits per heavy atom. The number of hydrogen-bond donors (Lipinski definition) is 0. The average molecular weight is 386 g/mol. The number of carbonyl (C=O) groups excluding carboxylic acids is 1. The maximum Gasteiger partial charge on any atom is 0.261 e. The van der Waals surface area contributed by atoms with Crippen molar-refractivity contribution in [3.8, 4) is 0 Å². The van der Waals surface area contributed by atoms with Crippen LogP contribution in [0.15, 0.2) is 42.5 Å². The molecule has 2 aromatic rings. The minimum Gasteiger partial charge on any atom is -0.382 e. The molecule has 0 heterocycles. The van der Waals surface area contributed by atoms with E-state index in [1.165, 1.54) is 0 Å². The molecular weight excluding hydrogens is 356 g/mol. The van der Waals surface area contributed by atoms with Crippen LogP contribution >= 0.6 is 0 Å². The summed E-state index contributed by atoms with van der Waals surface area (Å²) in [5.41, 5.74) is 4.16. The van der Waals surface area contributed by atoms with Gasteiger partial charge in [0.2, 0.25) is 5.78 Å². The summed E-state index contributed by atoms with van der Waals surface area (Å²) < 4.78 is 22.5. The van der Waals surface area contributed by atoms with Crippen molar-refractivity contribution in [3.63, 3.8) is 0 Å². The van der Waals surface area contributed by atoms with Crippen LogP contribution < -0.4 is 0 Å². The summed E-state index contributed by atoms with van der Waals surface area (Å²) in [5.74, 6) is -1.79. The Morgan fingerprint density at radius 1 is 0.821 bits per heavy atom. The van der Waals surface area contributed by atoms with Gasteiger partial charge in [-0.2, -0.15) is 0 Å². The molecule has 0 saturated heterocycles. The molecule has 0 aliphatic rings. The van der Waals surface area contributed by atoms with E-state index in [0.717, 1.165) is 16.7 Å². The van der Waals surface area contributed by atoms with Gasteiger partial charge in [-0.25, -0.2) is 0 Å². The fourth-order valence-electron chi connectivity index (χ4n) is 3.37. The molecule has 0 atom stereocenters. The van der Waals surface area contributed by atoms with Crippen molar-refractivity contribution in [3.05, 3.63) is 70.3 Å². The molecule has 5 nitrogen and oxygen atoms in total. The third-order valence-electron chi connectivity index (χ3n) is 4.54. The zero-order valence-electron chi connectivity index (χ0n) is 17.4. The molecular formula is C23H30O5. The highest BCUT2D eigenvalue weighted by Crippen LogP contribution is 2.34. The van der Waals surface area contributed by atoms with Crippen LogP contribution in [0.4, 0.5) is 0 Å². The second-order valence-electron chi connectivity index (χ2n) is 6.77. The highest BCUT2D eigenvalue weighted by molar-refractivity contribution is 6.04.